The SMILES string of the molecule is Cc1cc([C@H](C)CN)cs1. The molecule has 0 spiro atoms. The zero-order valence-electron chi connectivity index (χ0n) is 6.42. The van der Waals surface area contributed by atoms with Crippen LogP contribution in [0.5, 0.6) is 0 Å². The van der Waals surface area contributed by atoms with Crippen LogP contribution in [0.2, 0.25) is 0 Å². The number of thiophene rings is 1. The van der Waals surface area contributed by atoms with Crippen molar-refractivity contribution >= 4 is 11.3 Å². The van der Waals surface area contributed by atoms with E-state index in [0.717, 1.165) is 6.54 Å². The van der Waals surface area contributed by atoms with Gasteiger partial charge in [0.05, 0.1) is 0 Å². The van der Waals surface area contributed by atoms with Crippen molar-refractivity contribution in [2.24, 2.45) is 5.73 Å². The third-order valence-corrected chi connectivity index (χ3v) is 2.55. The van der Waals surface area contributed by atoms with Gasteiger partial charge < -0.3 is 5.73 Å². The lowest BCUT2D eigenvalue weighted by atomic mass is 10.1. The lowest BCUT2D eigenvalue weighted by molar-refractivity contribution is 0.777. The minimum atomic E-state index is 0.518. The fourth-order valence-corrected chi connectivity index (χ4v) is 1.68. The third-order valence-electron chi connectivity index (χ3n) is 1.67. The normalized spacial score (nSPS) is 13.5. The molecular weight excluding hydrogens is 142 g/mol. The Morgan fingerprint density at radius 1 is 1.70 bits per heavy atom. The summed E-state index contributed by atoms with van der Waals surface area (Å²) in [5.74, 6) is 0.518. The molecule has 0 aliphatic rings. The Kier molecular flexibility index (Phi) is 2.46. The topological polar surface area (TPSA) is 26.0 Å². The van der Waals surface area contributed by atoms with Gasteiger partial charge in [-0.15, -0.1) is 11.3 Å². The van der Waals surface area contributed by atoms with Crippen molar-refractivity contribution in [2.75, 3.05) is 6.54 Å². The van der Waals surface area contributed by atoms with Crippen molar-refractivity contribution in [3.63, 3.8) is 0 Å². The molecule has 0 aliphatic heterocycles. The number of hydrogen-bond acceptors (Lipinski definition) is 2. The van der Waals surface area contributed by atoms with Gasteiger partial charge in [0, 0.05) is 4.88 Å². The second-order valence-corrected chi connectivity index (χ2v) is 3.74. The minimum absolute atomic E-state index is 0.518. The van der Waals surface area contributed by atoms with E-state index in [1.165, 1.54) is 10.4 Å². The molecule has 0 bridgehead atoms. The van der Waals surface area contributed by atoms with Crippen molar-refractivity contribution in [2.45, 2.75) is 19.8 Å². The molecule has 1 aromatic rings. The quantitative estimate of drug-likeness (QED) is 0.695. The summed E-state index contributed by atoms with van der Waals surface area (Å²) in [6, 6.07) is 2.21. The molecule has 1 aromatic heterocycles. The smallest absolute Gasteiger partial charge is 0.00171 e. The van der Waals surface area contributed by atoms with Gasteiger partial charge in [-0.2, -0.15) is 0 Å². The van der Waals surface area contributed by atoms with Gasteiger partial charge in [-0.3, -0.25) is 0 Å². The number of aryl methyl sites for hydroxylation is 1. The Labute approximate surface area is 65.9 Å². The highest BCUT2D eigenvalue weighted by molar-refractivity contribution is 7.10. The average Bonchev–Trinajstić information content (AvgIpc) is 2.34. The molecule has 1 heterocycles. The van der Waals surface area contributed by atoms with Gasteiger partial charge in [0.15, 0.2) is 0 Å². The standard InChI is InChI=1S/C8H13NS/c1-6(4-9)8-3-7(2)10-5-8/h3,5-6H,4,9H2,1-2H3/t6-/m1/s1. The summed E-state index contributed by atoms with van der Waals surface area (Å²) in [5, 5.41) is 2.19. The van der Waals surface area contributed by atoms with E-state index in [-0.39, 0.29) is 0 Å². The molecule has 1 nitrogen and oxygen atoms in total. The molecule has 0 amide bonds. The van der Waals surface area contributed by atoms with Crippen LogP contribution in [0, 0.1) is 6.92 Å². The minimum Gasteiger partial charge on any atom is -0.330 e. The first kappa shape index (κ1) is 7.76. The summed E-state index contributed by atoms with van der Waals surface area (Å²) < 4.78 is 0. The van der Waals surface area contributed by atoms with Crippen LogP contribution in [0.15, 0.2) is 11.4 Å². The summed E-state index contributed by atoms with van der Waals surface area (Å²) in [4.78, 5) is 1.37. The molecule has 1 atom stereocenters. The Bertz CT molecular complexity index is 205. The Morgan fingerprint density at radius 2 is 2.40 bits per heavy atom. The molecule has 2 N–H and O–H groups in total. The van der Waals surface area contributed by atoms with Crippen LogP contribution in [0.4, 0.5) is 0 Å². The molecule has 1 rings (SSSR count). The summed E-state index contributed by atoms with van der Waals surface area (Å²) >= 11 is 1.79. The van der Waals surface area contributed by atoms with Gasteiger partial charge >= 0.3 is 0 Å². The van der Waals surface area contributed by atoms with Gasteiger partial charge in [0.25, 0.3) is 0 Å². The van der Waals surface area contributed by atoms with E-state index < -0.39 is 0 Å². The summed E-state index contributed by atoms with van der Waals surface area (Å²) in [5.41, 5.74) is 6.90. The van der Waals surface area contributed by atoms with Crippen LogP contribution in [-0.4, -0.2) is 6.54 Å². The van der Waals surface area contributed by atoms with E-state index in [0.29, 0.717) is 5.92 Å². The zero-order chi connectivity index (χ0) is 7.56. The maximum atomic E-state index is 5.52. The van der Waals surface area contributed by atoms with Gasteiger partial charge in [0.2, 0.25) is 0 Å². The molecule has 0 saturated carbocycles. The molecule has 0 unspecified atom stereocenters. The highest BCUT2D eigenvalue weighted by Gasteiger charge is 2.03. The van der Waals surface area contributed by atoms with E-state index in [1.54, 1.807) is 11.3 Å². The first-order valence-corrected chi connectivity index (χ1v) is 4.37. The highest BCUT2D eigenvalue weighted by atomic mass is 32.1. The summed E-state index contributed by atoms with van der Waals surface area (Å²) in [6.45, 7) is 5.02. The average molecular weight is 155 g/mol. The van der Waals surface area contributed by atoms with Crippen LogP contribution in [0.25, 0.3) is 0 Å². The second-order valence-electron chi connectivity index (χ2n) is 2.63. The van der Waals surface area contributed by atoms with Crippen LogP contribution in [0.1, 0.15) is 23.3 Å². The van der Waals surface area contributed by atoms with Gasteiger partial charge in [-0.1, -0.05) is 6.92 Å². The van der Waals surface area contributed by atoms with Crippen LogP contribution in [0.3, 0.4) is 0 Å². The zero-order valence-corrected chi connectivity index (χ0v) is 7.24. The van der Waals surface area contributed by atoms with Crippen LogP contribution >= 0.6 is 11.3 Å². The van der Waals surface area contributed by atoms with E-state index in [4.69, 9.17) is 5.73 Å². The fourth-order valence-electron chi connectivity index (χ4n) is 0.858. The van der Waals surface area contributed by atoms with Crippen LogP contribution < -0.4 is 5.73 Å². The van der Waals surface area contributed by atoms with Crippen molar-refractivity contribution in [3.05, 3.63) is 21.9 Å². The van der Waals surface area contributed by atoms with Crippen molar-refractivity contribution in [3.8, 4) is 0 Å². The number of nitrogens with two attached hydrogens (primary N) is 1. The first-order chi connectivity index (χ1) is 4.74. The van der Waals surface area contributed by atoms with Crippen molar-refractivity contribution < 1.29 is 0 Å². The lowest BCUT2D eigenvalue weighted by Gasteiger charge is -2.03. The molecule has 0 aliphatic carbocycles. The molecule has 0 aromatic carbocycles. The molecule has 2 heteroatoms. The van der Waals surface area contributed by atoms with E-state index in [2.05, 4.69) is 25.3 Å². The summed E-state index contributed by atoms with van der Waals surface area (Å²) in [6.07, 6.45) is 0. The van der Waals surface area contributed by atoms with Crippen molar-refractivity contribution in [1.29, 1.82) is 0 Å². The van der Waals surface area contributed by atoms with Gasteiger partial charge in [-0.05, 0) is 36.4 Å². The van der Waals surface area contributed by atoms with Gasteiger partial charge in [0.1, 0.15) is 0 Å². The Hall–Kier alpha value is -0.340. The maximum Gasteiger partial charge on any atom is 0.00171 e. The number of hydrogen-bond donors (Lipinski definition) is 1. The maximum absolute atomic E-state index is 5.52. The third kappa shape index (κ3) is 1.58. The highest BCUT2D eigenvalue weighted by Crippen LogP contribution is 2.20. The van der Waals surface area contributed by atoms with Crippen molar-refractivity contribution in [1.82, 2.24) is 0 Å². The first-order valence-electron chi connectivity index (χ1n) is 3.49. The second kappa shape index (κ2) is 3.17. The molecule has 56 valence electrons. The molecule has 0 fully saturated rings. The molecular formula is C8H13NS. The van der Waals surface area contributed by atoms with Crippen LogP contribution in [-0.2, 0) is 0 Å². The Morgan fingerprint density at radius 3 is 2.80 bits per heavy atom. The Balaban J connectivity index is 2.74. The predicted molar refractivity (Wildman–Crippen MR) is 46.5 cm³/mol. The largest absolute Gasteiger partial charge is 0.330 e. The molecule has 10 heavy (non-hydrogen) atoms. The number of rotatable bonds is 2. The predicted octanol–water partition coefficient (Wildman–Crippen LogP) is 2.12. The van der Waals surface area contributed by atoms with Gasteiger partial charge in [-0.25, -0.2) is 0 Å². The van der Waals surface area contributed by atoms with E-state index in [9.17, 15) is 0 Å². The lowest BCUT2D eigenvalue weighted by Crippen LogP contribution is -2.07. The monoisotopic (exact) mass is 155 g/mol. The summed E-state index contributed by atoms with van der Waals surface area (Å²) in [7, 11) is 0. The fraction of sp³-hybridized carbons (Fsp3) is 0.500. The molecule has 0 radical (unpaired) electrons. The molecule has 0 saturated heterocycles. The van der Waals surface area contributed by atoms with E-state index in [1.807, 2.05) is 0 Å². The van der Waals surface area contributed by atoms with E-state index >= 15 is 0 Å².